The third-order valence-electron chi connectivity index (χ3n) is 2.97. The summed E-state index contributed by atoms with van der Waals surface area (Å²) in [6, 6.07) is 9.09. The van der Waals surface area contributed by atoms with Gasteiger partial charge in [0.15, 0.2) is 0 Å². The van der Waals surface area contributed by atoms with Gasteiger partial charge in [-0.05, 0) is 26.0 Å². The van der Waals surface area contributed by atoms with E-state index in [0.717, 1.165) is 18.7 Å². The zero-order chi connectivity index (χ0) is 12.1. The fraction of sp³-hybridized carbons (Fsp3) is 0.357. The van der Waals surface area contributed by atoms with Crippen molar-refractivity contribution in [1.82, 2.24) is 15.3 Å². The van der Waals surface area contributed by atoms with Crippen molar-refractivity contribution < 1.29 is 0 Å². The number of hydrogen-bond donors (Lipinski definition) is 2. The first-order chi connectivity index (χ1) is 8.28. The number of hydrogen-bond acceptors (Lipinski definition) is 2. The van der Waals surface area contributed by atoms with Crippen molar-refractivity contribution in [3.8, 4) is 0 Å². The maximum Gasteiger partial charge on any atom is 0.107 e. The van der Waals surface area contributed by atoms with E-state index in [4.69, 9.17) is 0 Å². The topological polar surface area (TPSA) is 40.7 Å². The predicted octanol–water partition coefficient (Wildman–Crippen LogP) is 2.09. The SMILES string of the molecule is CNC(Cc1cccc(C)c1)Cc1ncc[nH]1. The predicted molar refractivity (Wildman–Crippen MR) is 70.0 cm³/mol. The Morgan fingerprint density at radius 3 is 2.88 bits per heavy atom. The lowest BCUT2D eigenvalue weighted by Gasteiger charge is -2.15. The number of H-pyrrole nitrogens is 1. The van der Waals surface area contributed by atoms with E-state index in [1.807, 2.05) is 13.2 Å². The van der Waals surface area contributed by atoms with Crippen LogP contribution >= 0.6 is 0 Å². The van der Waals surface area contributed by atoms with Gasteiger partial charge in [0.05, 0.1) is 0 Å². The molecule has 2 rings (SSSR count). The minimum Gasteiger partial charge on any atom is -0.349 e. The van der Waals surface area contributed by atoms with Crippen LogP contribution in [0.1, 0.15) is 17.0 Å². The molecule has 1 atom stereocenters. The Hall–Kier alpha value is -1.61. The van der Waals surface area contributed by atoms with Gasteiger partial charge in [-0.2, -0.15) is 0 Å². The quantitative estimate of drug-likeness (QED) is 0.824. The van der Waals surface area contributed by atoms with Crippen molar-refractivity contribution in [2.45, 2.75) is 25.8 Å². The first-order valence-corrected chi connectivity index (χ1v) is 5.99. The van der Waals surface area contributed by atoms with Crippen LogP contribution in [0.5, 0.6) is 0 Å². The minimum atomic E-state index is 0.419. The summed E-state index contributed by atoms with van der Waals surface area (Å²) in [7, 11) is 2.00. The smallest absolute Gasteiger partial charge is 0.107 e. The van der Waals surface area contributed by atoms with E-state index in [1.54, 1.807) is 6.20 Å². The Morgan fingerprint density at radius 2 is 2.24 bits per heavy atom. The molecular weight excluding hydrogens is 210 g/mol. The molecule has 2 aromatic rings. The molecule has 0 aliphatic rings. The van der Waals surface area contributed by atoms with Gasteiger partial charge in [0.1, 0.15) is 5.82 Å². The highest BCUT2D eigenvalue weighted by atomic mass is 14.9. The maximum atomic E-state index is 4.27. The summed E-state index contributed by atoms with van der Waals surface area (Å²) in [6.07, 6.45) is 5.62. The van der Waals surface area contributed by atoms with Crippen molar-refractivity contribution in [2.24, 2.45) is 0 Å². The van der Waals surface area contributed by atoms with Crippen LogP contribution in [0.4, 0.5) is 0 Å². The molecule has 2 N–H and O–H groups in total. The van der Waals surface area contributed by atoms with Gasteiger partial charge in [-0.15, -0.1) is 0 Å². The van der Waals surface area contributed by atoms with Crippen LogP contribution in [-0.4, -0.2) is 23.1 Å². The minimum absolute atomic E-state index is 0.419. The Labute approximate surface area is 102 Å². The average molecular weight is 229 g/mol. The van der Waals surface area contributed by atoms with Gasteiger partial charge in [-0.3, -0.25) is 0 Å². The van der Waals surface area contributed by atoms with Gasteiger partial charge in [-0.25, -0.2) is 4.98 Å². The van der Waals surface area contributed by atoms with Crippen LogP contribution in [0.15, 0.2) is 36.7 Å². The number of aromatic nitrogens is 2. The summed E-state index contributed by atoms with van der Waals surface area (Å²) in [4.78, 5) is 7.42. The number of nitrogens with one attached hydrogen (secondary N) is 2. The molecule has 1 aromatic carbocycles. The molecule has 0 radical (unpaired) electrons. The Balaban J connectivity index is 2.00. The van der Waals surface area contributed by atoms with E-state index in [0.29, 0.717) is 6.04 Å². The second-order valence-electron chi connectivity index (χ2n) is 4.42. The van der Waals surface area contributed by atoms with Crippen molar-refractivity contribution in [3.05, 3.63) is 53.6 Å². The number of aromatic amines is 1. The second kappa shape index (κ2) is 5.64. The molecule has 0 aliphatic carbocycles. The summed E-state index contributed by atoms with van der Waals surface area (Å²) >= 11 is 0. The maximum absolute atomic E-state index is 4.27. The summed E-state index contributed by atoms with van der Waals surface area (Å²) in [6.45, 7) is 2.13. The van der Waals surface area contributed by atoms with E-state index in [1.165, 1.54) is 11.1 Å². The Kier molecular flexibility index (Phi) is 3.94. The molecule has 17 heavy (non-hydrogen) atoms. The summed E-state index contributed by atoms with van der Waals surface area (Å²) < 4.78 is 0. The van der Waals surface area contributed by atoms with Crippen LogP contribution < -0.4 is 5.32 Å². The highest BCUT2D eigenvalue weighted by molar-refractivity contribution is 5.23. The molecule has 1 heterocycles. The van der Waals surface area contributed by atoms with Crippen molar-refractivity contribution >= 4 is 0 Å². The van der Waals surface area contributed by atoms with E-state index in [9.17, 15) is 0 Å². The van der Waals surface area contributed by atoms with E-state index in [-0.39, 0.29) is 0 Å². The van der Waals surface area contributed by atoms with Gasteiger partial charge in [-0.1, -0.05) is 29.8 Å². The fourth-order valence-electron chi connectivity index (χ4n) is 2.04. The first kappa shape index (κ1) is 11.9. The third-order valence-corrected chi connectivity index (χ3v) is 2.97. The lowest BCUT2D eigenvalue weighted by atomic mass is 10.0. The monoisotopic (exact) mass is 229 g/mol. The van der Waals surface area contributed by atoms with Crippen LogP contribution in [0.25, 0.3) is 0 Å². The number of likely N-dealkylation sites (N-methyl/N-ethyl adjacent to an activating group) is 1. The molecule has 1 unspecified atom stereocenters. The summed E-state index contributed by atoms with van der Waals surface area (Å²) in [5.74, 6) is 1.04. The lowest BCUT2D eigenvalue weighted by Crippen LogP contribution is -2.30. The molecule has 3 nitrogen and oxygen atoms in total. The highest BCUT2D eigenvalue weighted by Gasteiger charge is 2.09. The number of rotatable bonds is 5. The van der Waals surface area contributed by atoms with E-state index < -0.39 is 0 Å². The van der Waals surface area contributed by atoms with Gasteiger partial charge >= 0.3 is 0 Å². The molecular formula is C14H19N3. The van der Waals surface area contributed by atoms with Crippen molar-refractivity contribution in [2.75, 3.05) is 7.05 Å². The van der Waals surface area contributed by atoms with Crippen LogP contribution in [-0.2, 0) is 12.8 Å². The molecule has 0 aliphatic heterocycles. The number of aryl methyl sites for hydroxylation is 1. The molecule has 0 amide bonds. The molecule has 1 aromatic heterocycles. The molecule has 0 saturated heterocycles. The fourth-order valence-corrected chi connectivity index (χ4v) is 2.04. The third kappa shape index (κ3) is 3.43. The normalized spacial score (nSPS) is 12.6. The van der Waals surface area contributed by atoms with E-state index in [2.05, 4.69) is 46.5 Å². The van der Waals surface area contributed by atoms with Crippen LogP contribution in [0, 0.1) is 6.92 Å². The highest BCUT2D eigenvalue weighted by Crippen LogP contribution is 2.09. The Bertz CT molecular complexity index is 448. The Morgan fingerprint density at radius 1 is 1.35 bits per heavy atom. The zero-order valence-electron chi connectivity index (χ0n) is 10.4. The van der Waals surface area contributed by atoms with Crippen molar-refractivity contribution in [3.63, 3.8) is 0 Å². The van der Waals surface area contributed by atoms with Gasteiger partial charge < -0.3 is 10.3 Å². The number of imidazole rings is 1. The van der Waals surface area contributed by atoms with Gasteiger partial charge in [0.2, 0.25) is 0 Å². The zero-order valence-corrected chi connectivity index (χ0v) is 10.4. The largest absolute Gasteiger partial charge is 0.349 e. The molecule has 0 spiro atoms. The van der Waals surface area contributed by atoms with Gasteiger partial charge in [0.25, 0.3) is 0 Å². The number of nitrogens with zero attached hydrogens (tertiary/aromatic N) is 1. The molecule has 0 bridgehead atoms. The van der Waals surface area contributed by atoms with E-state index >= 15 is 0 Å². The first-order valence-electron chi connectivity index (χ1n) is 5.99. The summed E-state index contributed by atoms with van der Waals surface area (Å²) in [5.41, 5.74) is 2.69. The second-order valence-corrected chi connectivity index (χ2v) is 4.42. The van der Waals surface area contributed by atoms with Crippen LogP contribution in [0.2, 0.25) is 0 Å². The molecule has 0 saturated carbocycles. The summed E-state index contributed by atoms with van der Waals surface area (Å²) in [5, 5.41) is 3.35. The van der Waals surface area contributed by atoms with Gasteiger partial charge in [0, 0.05) is 24.9 Å². The average Bonchev–Trinajstić information content (AvgIpc) is 2.81. The molecule has 90 valence electrons. The molecule has 3 heteroatoms. The number of benzene rings is 1. The van der Waals surface area contributed by atoms with Crippen LogP contribution in [0.3, 0.4) is 0 Å². The molecule has 0 fully saturated rings. The lowest BCUT2D eigenvalue weighted by molar-refractivity contribution is 0.545. The standard InChI is InChI=1S/C14H19N3/c1-11-4-3-5-12(8-11)9-13(15-2)10-14-16-6-7-17-14/h3-8,13,15H,9-10H2,1-2H3,(H,16,17). The van der Waals surface area contributed by atoms with Crippen molar-refractivity contribution in [1.29, 1.82) is 0 Å².